The number of nitrogens with one attached hydrogen (secondary N) is 2. The molecule has 0 atom stereocenters. The molecule has 3 rings (SSSR count). The highest BCUT2D eigenvalue weighted by atomic mass is 16.1. The van der Waals surface area contributed by atoms with Gasteiger partial charge in [-0.3, -0.25) is 9.78 Å². The van der Waals surface area contributed by atoms with E-state index in [4.69, 9.17) is 0 Å². The average molecular weight is 267 g/mol. The van der Waals surface area contributed by atoms with Crippen LogP contribution in [0.5, 0.6) is 0 Å². The summed E-state index contributed by atoms with van der Waals surface area (Å²) in [5, 5.41) is 6.21. The van der Waals surface area contributed by atoms with Gasteiger partial charge in [0.25, 0.3) is 5.91 Å². The SMILES string of the molecule is Cc1ccc(NC(=O)c2ccc3c(c2)CCCN3)cn1. The van der Waals surface area contributed by atoms with Crippen LogP contribution in [0.3, 0.4) is 0 Å². The van der Waals surface area contributed by atoms with Crippen molar-refractivity contribution >= 4 is 17.3 Å². The molecular weight excluding hydrogens is 250 g/mol. The van der Waals surface area contributed by atoms with Crippen LogP contribution in [-0.2, 0) is 6.42 Å². The number of hydrogen-bond acceptors (Lipinski definition) is 3. The van der Waals surface area contributed by atoms with Gasteiger partial charge in [0.05, 0.1) is 11.9 Å². The highest BCUT2D eigenvalue weighted by molar-refractivity contribution is 6.04. The first kappa shape index (κ1) is 12.7. The zero-order valence-corrected chi connectivity index (χ0v) is 11.4. The average Bonchev–Trinajstić information content (AvgIpc) is 2.49. The van der Waals surface area contributed by atoms with Gasteiger partial charge >= 0.3 is 0 Å². The number of hydrogen-bond donors (Lipinski definition) is 2. The van der Waals surface area contributed by atoms with Crippen molar-refractivity contribution in [1.82, 2.24) is 4.98 Å². The number of anilines is 2. The van der Waals surface area contributed by atoms with E-state index >= 15 is 0 Å². The van der Waals surface area contributed by atoms with Gasteiger partial charge in [0.1, 0.15) is 0 Å². The summed E-state index contributed by atoms with van der Waals surface area (Å²) >= 11 is 0. The number of benzene rings is 1. The molecular formula is C16H17N3O. The Balaban J connectivity index is 1.78. The van der Waals surface area contributed by atoms with E-state index < -0.39 is 0 Å². The van der Waals surface area contributed by atoms with E-state index in [1.807, 2.05) is 37.3 Å². The maximum Gasteiger partial charge on any atom is 0.255 e. The van der Waals surface area contributed by atoms with Gasteiger partial charge in [-0.15, -0.1) is 0 Å². The van der Waals surface area contributed by atoms with E-state index in [2.05, 4.69) is 15.6 Å². The van der Waals surface area contributed by atoms with Gasteiger partial charge in [-0.05, 0) is 55.7 Å². The minimum Gasteiger partial charge on any atom is -0.385 e. The maximum absolute atomic E-state index is 12.2. The van der Waals surface area contributed by atoms with Crippen LogP contribution in [0.15, 0.2) is 36.5 Å². The number of carbonyl (C=O) groups excluding carboxylic acids is 1. The van der Waals surface area contributed by atoms with Crippen LogP contribution in [-0.4, -0.2) is 17.4 Å². The molecule has 4 nitrogen and oxygen atoms in total. The molecule has 102 valence electrons. The van der Waals surface area contributed by atoms with Crippen molar-refractivity contribution in [3.05, 3.63) is 53.3 Å². The van der Waals surface area contributed by atoms with Crippen LogP contribution in [0.25, 0.3) is 0 Å². The minimum atomic E-state index is -0.0935. The summed E-state index contributed by atoms with van der Waals surface area (Å²) < 4.78 is 0. The van der Waals surface area contributed by atoms with Crippen LogP contribution in [0.4, 0.5) is 11.4 Å². The minimum absolute atomic E-state index is 0.0935. The maximum atomic E-state index is 12.2. The Bertz CT molecular complexity index is 635. The van der Waals surface area contributed by atoms with Crippen molar-refractivity contribution in [1.29, 1.82) is 0 Å². The normalized spacial score (nSPS) is 13.2. The first-order valence-electron chi connectivity index (χ1n) is 6.83. The largest absolute Gasteiger partial charge is 0.385 e. The Hall–Kier alpha value is -2.36. The number of pyridine rings is 1. The number of amides is 1. The Labute approximate surface area is 118 Å². The smallest absolute Gasteiger partial charge is 0.255 e. The molecule has 0 unspecified atom stereocenters. The summed E-state index contributed by atoms with van der Waals surface area (Å²) in [6.07, 6.45) is 3.81. The molecule has 2 N–H and O–H groups in total. The van der Waals surface area contributed by atoms with Gasteiger partial charge in [0.2, 0.25) is 0 Å². The van der Waals surface area contributed by atoms with Crippen molar-refractivity contribution in [3.8, 4) is 0 Å². The van der Waals surface area contributed by atoms with Crippen molar-refractivity contribution < 1.29 is 4.79 Å². The van der Waals surface area contributed by atoms with Crippen molar-refractivity contribution in [2.45, 2.75) is 19.8 Å². The Morgan fingerprint density at radius 1 is 1.30 bits per heavy atom. The van der Waals surface area contributed by atoms with Crippen molar-refractivity contribution in [2.75, 3.05) is 17.2 Å². The third kappa shape index (κ3) is 2.64. The summed E-state index contributed by atoms with van der Waals surface area (Å²) in [6, 6.07) is 9.55. The molecule has 0 radical (unpaired) electrons. The van der Waals surface area contributed by atoms with Crippen LogP contribution in [0, 0.1) is 6.92 Å². The van der Waals surface area contributed by atoms with Crippen LogP contribution < -0.4 is 10.6 Å². The number of rotatable bonds is 2. The predicted octanol–water partition coefficient (Wildman–Crippen LogP) is 3.00. The fourth-order valence-corrected chi connectivity index (χ4v) is 2.36. The molecule has 0 aliphatic carbocycles. The molecule has 2 aromatic rings. The zero-order chi connectivity index (χ0) is 13.9. The van der Waals surface area contributed by atoms with E-state index in [1.54, 1.807) is 6.20 Å². The van der Waals surface area contributed by atoms with Crippen molar-refractivity contribution in [3.63, 3.8) is 0 Å². The summed E-state index contributed by atoms with van der Waals surface area (Å²) in [7, 11) is 0. The first-order valence-corrected chi connectivity index (χ1v) is 6.83. The molecule has 1 aromatic heterocycles. The van der Waals surface area contributed by atoms with Gasteiger partial charge in [-0.2, -0.15) is 0 Å². The van der Waals surface area contributed by atoms with Gasteiger partial charge in [-0.1, -0.05) is 0 Å². The molecule has 0 spiro atoms. The van der Waals surface area contributed by atoms with Crippen LogP contribution in [0.1, 0.15) is 28.0 Å². The summed E-state index contributed by atoms with van der Waals surface area (Å²) in [4.78, 5) is 16.4. The quantitative estimate of drug-likeness (QED) is 0.879. The molecule has 1 aliphatic rings. The topological polar surface area (TPSA) is 54.0 Å². The lowest BCUT2D eigenvalue weighted by Gasteiger charge is -2.18. The molecule has 1 aromatic carbocycles. The fraction of sp³-hybridized carbons (Fsp3) is 0.250. The number of aryl methyl sites for hydroxylation is 2. The Morgan fingerprint density at radius 2 is 2.20 bits per heavy atom. The van der Waals surface area contributed by atoms with Gasteiger partial charge in [0, 0.05) is 23.5 Å². The molecule has 2 heterocycles. The lowest BCUT2D eigenvalue weighted by molar-refractivity contribution is 0.102. The van der Waals surface area contributed by atoms with Gasteiger partial charge in [0.15, 0.2) is 0 Å². The molecule has 0 saturated carbocycles. The second-order valence-corrected chi connectivity index (χ2v) is 5.04. The van der Waals surface area contributed by atoms with Gasteiger partial charge in [-0.25, -0.2) is 0 Å². The van der Waals surface area contributed by atoms with E-state index in [1.165, 1.54) is 5.56 Å². The lowest BCUT2D eigenvalue weighted by atomic mass is 10.0. The number of aromatic nitrogens is 1. The summed E-state index contributed by atoms with van der Waals surface area (Å²) in [6.45, 7) is 2.93. The van der Waals surface area contributed by atoms with Gasteiger partial charge < -0.3 is 10.6 Å². The number of fused-ring (bicyclic) bond motifs is 1. The molecule has 1 amide bonds. The highest BCUT2D eigenvalue weighted by Gasteiger charge is 2.12. The van der Waals surface area contributed by atoms with Crippen LogP contribution >= 0.6 is 0 Å². The standard InChI is InChI=1S/C16H17N3O/c1-11-4-6-14(10-18-11)19-16(20)13-5-7-15-12(9-13)3-2-8-17-15/h4-7,9-10,17H,2-3,8H2,1H3,(H,19,20). The Morgan fingerprint density at radius 3 is 3.00 bits per heavy atom. The third-order valence-corrected chi connectivity index (χ3v) is 3.48. The third-order valence-electron chi connectivity index (χ3n) is 3.48. The molecule has 0 fully saturated rings. The number of nitrogens with zero attached hydrogens (tertiary/aromatic N) is 1. The molecule has 20 heavy (non-hydrogen) atoms. The predicted molar refractivity (Wildman–Crippen MR) is 80.2 cm³/mol. The van der Waals surface area contributed by atoms with Crippen molar-refractivity contribution in [2.24, 2.45) is 0 Å². The first-order chi connectivity index (χ1) is 9.72. The lowest BCUT2D eigenvalue weighted by Crippen LogP contribution is -2.15. The Kier molecular flexibility index (Phi) is 3.37. The molecule has 4 heteroatoms. The summed E-state index contributed by atoms with van der Waals surface area (Å²) in [5.41, 5.74) is 4.70. The zero-order valence-electron chi connectivity index (χ0n) is 11.4. The molecule has 0 saturated heterocycles. The van der Waals surface area contributed by atoms with E-state index in [-0.39, 0.29) is 5.91 Å². The number of carbonyl (C=O) groups is 1. The van der Waals surface area contributed by atoms with E-state index in [0.29, 0.717) is 5.56 Å². The summed E-state index contributed by atoms with van der Waals surface area (Å²) in [5.74, 6) is -0.0935. The fourth-order valence-electron chi connectivity index (χ4n) is 2.36. The second-order valence-electron chi connectivity index (χ2n) is 5.04. The van der Waals surface area contributed by atoms with Crippen LogP contribution in [0.2, 0.25) is 0 Å². The van der Waals surface area contributed by atoms with E-state index in [9.17, 15) is 4.79 Å². The monoisotopic (exact) mass is 267 g/mol. The molecule has 0 bridgehead atoms. The highest BCUT2D eigenvalue weighted by Crippen LogP contribution is 2.23. The molecule has 1 aliphatic heterocycles. The van der Waals surface area contributed by atoms with E-state index in [0.717, 1.165) is 36.5 Å². The second kappa shape index (κ2) is 5.33.